The minimum Gasteiger partial charge on any atom is -0.348 e. The molecule has 0 saturated carbocycles. The van der Waals surface area contributed by atoms with Crippen LogP contribution in [0, 0.1) is 0 Å². The fraction of sp³-hybridized carbons (Fsp3) is 0.533. The maximum Gasteiger partial charge on any atom is 0.471 e. The lowest BCUT2D eigenvalue weighted by molar-refractivity contribution is -0.173. The molecule has 128 valence electrons. The number of carbonyl (C=O) groups excluding carboxylic acids is 1. The summed E-state index contributed by atoms with van der Waals surface area (Å²) in [4.78, 5) is 11.0. The van der Waals surface area contributed by atoms with Gasteiger partial charge >= 0.3 is 12.1 Å². The smallest absolute Gasteiger partial charge is 0.348 e. The Morgan fingerprint density at radius 3 is 2.61 bits per heavy atom. The molecule has 2 N–H and O–H groups in total. The highest BCUT2D eigenvalue weighted by atomic mass is 35.5. The van der Waals surface area contributed by atoms with Gasteiger partial charge in [0.2, 0.25) is 0 Å². The summed E-state index contributed by atoms with van der Waals surface area (Å²) >= 11 is 12.0. The normalized spacial score (nSPS) is 22.0. The summed E-state index contributed by atoms with van der Waals surface area (Å²) in [5.41, 5.74) is 0.547. The first kappa shape index (κ1) is 18.4. The number of nitrogens with one attached hydrogen (secondary N) is 2. The van der Waals surface area contributed by atoms with Crippen molar-refractivity contribution in [3.63, 3.8) is 0 Å². The van der Waals surface area contributed by atoms with Gasteiger partial charge in [0.05, 0.1) is 10.0 Å². The molecule has 0 radical (unpaired) electrons. The average molecular weight is 369 g/mol. The molecule has 23 heavy (non-hydrogen) atoms. The summed E-state index contributed by atoms with van der Waals surface area (Å²) in [6.45, 7) is 1.42. The maximum absolute atomic E-state index is 12.3. The molecule has 1 aliphatic rings. The van der Waals surface area contributed by atoms with Crippen molar-refractivity contribution in [1.82, 2.24) is 10.6 Å². The van der Waals surface area contributed by atoms with Crippen LogP contribution >= 0.6 is 23.2 Å². The average Bonchev–Trinajstić information content (AvgIpc) is 2.50. The van der Waals surface area contributed by atoms with Gasteiger partial charge in [0.15, 0.2) is 0 Å². The van der Waals surface area contributed by atoms with E-state index in [1.807, 2.05) is 11.4 Å². The Bertz CT molecular complexity index is 572. The number of hydrogen-bond acceptors (Lipinski definition) is 2. The van der Waals surface area contributed by atoms with E-state index >= 15 is 0 Å². The van der Waals surface area contributed by atoms with Gasteiger partial charge in [-0.1, -0.05) is 29.3 Å². The van der Waals surface area contributed by atoms with E-state index in [1.165, 1.54) is 0 Å². The van der Waals surface area contributed by atoms with Crippen LogP contribution in [0.1, 0.15) is 24.8 Å². The van der Waals surface area contributed by atoms with Gasteiger partial charge in [-0.25, -0.2) is 0 Å². The van der Waals surface area contributed by atoms with E-state index in [1.54, 1.807) is 12.1 Å². The Balaban J connectivity index is 2.13. The van der Waals surface area contributed by atoms with Crippen molar-refractivity contribution in [2.75, 3.05) is 19.6 Å². The SMILES string of the molecule is O=C(NCC[C@]1(c2ccc(Cl)c(Cl)c2)CCCNC1)C(F)(F)F. The van der Waals surface area contributed by atoms with Crippen LogP contribution < -0.4 is 10.6 Å². The number of carbonyl (C=O) groups is 1. The van der Waals surface area contributed by atoms with E-state index in [4.69, 9.17) is 23.2 Å². The Labute approximate surface area is 142 Å². The van der Waals surface area contributed by atoms with Crippen LogP contribution in [0.15, 0.2) is 18.2 Å². The lowest BCUT2D eigenvalue weighted by Crippen LogP contribution is -2.46. The molecule has 1 heterocycles. The molecule has 1 aromatic carbocycles. The van der Waals surface area contributed by atoms with Crippen LogP contribution in [0.4, 0.5) is 13.2 Å². The largest absolute Gasteiger partial charge is 0.471 e. The van der Waals surface area contributed by atoms with E-state index in [9.17, 15) is 18.0 Å². The standard InChI is InChI=1S/C15H17Cl2F3N2O/c16-11-3-2-10(8-12(11)17)14(4-1-6-21-9-14)5-7-22-13(23)15(18,19)20/h2-3,8,21H,1,4-7,9H2,(H,22,23)/t14-/m1/s1. The Kier molecular flexibility index (Phi) is 5.81. The second-order valence-corrected chi connectivity index (χ2v) is 6.51. The molecule has 0 aromatic heterocycles. The van der Waals surface area contributed by atoms with E-state index in [0.29, 0.717) is 23.0 Å². The highest BCUT2D eigenvalue weighted by molar-refractivity contribution is 6.42. The lowest BCUT2D eigenvalue weighted by Gasteiger charge is -2.38. The van der Waals surface area contributed by atoms with Crippen LogP contribution in [0.5, 0.6) is 0 Å². The highest BCUT2D eigenvalue weighted by Crippen LogP contribution is 2.37. The quantitative estimate of drug-likeness (QED) is 0.850. The number of amides is 1. The van der Waals surface area contributed by atoms with Gasteiger partial charge in [0.25, 0.3) is 0 Å². The summed E-state index contributed by atoms with van der Waals surface area (Å²) in [5, 5.41) is 6.05. The Morgan fingerprint density at radius 1 is 1.30 bits per heavy atom. The lowest BCUT2D eigenvalue weighted by atomic mass is 9.72. The van der Waals surface area contributed by atoms with Gasteiger partial charge in [0, 0.05) is 18.5 Å². The number of benzene rings is 1. The third-order valence-electron chi connectivity index (χ3n) is 4.15. The summed E-state index contributed by atoms with van der Waals surface area (Å²) in [7, 11) is 0. The zero-order valence-electron chi connectivity index (χ0n) is 12.3. The molecule has 3 nitrogen and oxygen atoms in total. The molecular weight excluding hydrogens is 352 g/mol. The molecule has 1 saturated heterocycles. The Hall–Kier alpha value is -0.980. The molecule has 0 spiro atoms. The van der Waals surface area contributed by atoms with E-state index in [-0.39, 0.29) is 12.0 Å². The first-order valence-corrected chi connectivity index (χ1v) is 8.01. The fourth-order valence-electron chi connectivity index (χ4n) is 2.91. The van der Waals surface area contributed by atoms with Gasteiger partial charge in [0.1, 0.15) is 0 Å². The molecular formula is C15H17Cl2F3N2O. The van der Waals surface area contributed by atoms with Gasteiger partial charge in [-0.05, 0) is 43.5 Å². The van der Waals surface area contributed by atoms with E-state index in [0.717, 1.165) is 24.9 Å². The van der Waals surface area contributed by atoms with Crippen molar-refractivity contribution >= 4 is 29.1 Å². The molecule has 2 rings (SSSR count). The van der Waals surface area contributed by atoms with Gasteiger partial charge in [-0.3, -0.25) is 4.79 Å². The minimum atomic E-state index is -4.86. The molecule has 8 heteroatoms. The van der Waals surface area contributed by atoms with Crippen molar-refractivity contribution in [3.05, 3.63) is 33.8 Å². The molecule has 1 atom stereocenters. The third-order valence-corrected chi connectivity index (χ3v) is 4.89. The zero-order chi connectivity index (χ0) is 17.1. The van der Waals surface area contributed by atoms with Crippen LogP contribution in [-0.2, 0) is 10.2 Å². The van der Waals surface area contributed by atoms with Crippen LogP contribution in [0.25, 0.3) is 0 Å². The van der Waals surface area contributed by atoms with Crippen LogP contribution in [0.3, 0.4) is 0 Å². The van der Waals surface area contributed by atoms with Crippen molar-refractivity contribution in [2.45, 2.75) is 30.9 Å². The van der Waals surface area contributed by atoms with E-state index in [2.05, 4.69) is 5.32 Å². The monoisotopic (exact) mass is 368 g/mol. The van der Waals surface area contributed by atoms with Crippen molar-refractivity contribution < 1.29 is 18.0 Å². The van der Waals surface area contributed by atoms with Crippen molar-refractivity contribution in [1.29, 1.82) is 0 Å². The first-order valence-electron chi connectivity index (χ1n) is 7.26. The zero-order valence-corrected chi connectivity index (χ0v) is 13.8. The topological polar surface area (TPSA) is 41.1 Å². The number of hydrogen-bond donors (Lipinski definition) is 2. The Morgan fingerprint density at radius 2 is 2.04 bits per heavy atom. The fourth-order valence-corrected chi connectivity index (χ4v) is 3.21. The maximum atomic E-state index is 12.3. The summed E-state index contributed by atoms with van der Waals surface area (Å²) in [6.07, 6.45) is -2.77. The number of alkyl halides is 3. The minimum absolute atomic E-state index is 0.0553. The molecule has 0 bridgehead atoms. The van der Waals surface area contributed by atoms with Crippen molar-refractivity contribution in [3.8, 4) is 0 Å². The van der Waals surface area contributed by atoms with Crippen molar-refractivity contribution in [2.24, 2.45) is 0 Å². The summed E-state index contributed by atoms with van der Waals surface area (Å²) < 4.78 is 36.8. The van der Waals surface area contributed by atoms with Crippen LogP contribution in [0.2, 0.25) is 10.0 Å². The first-order chi connectivity index (χ1) is 10.7. The third kappa shape index (κ3) is 4.52. The molecule has 1 fully saturated rings. The predicted molar refractivity (Wildman–Crippen MR) is 83.9 cm³/mol. The summed E-state index contributed by atoms with van der Waals surface area (Å²) in [6, 6.07) is 5.28. The second kappa shape index (κ2) is 7.28. The van der Waals surface area contributed by atoms with Gasteiger partial charge in [-0.15, -0.1) is 0 Å². The van der Waals surface area contributed by atoms with Crippen LogP contribution in [-0.4, -0.2) is 31.7 Å². The molecule has 1 aliphatic heterocycles. The molecule has 0 unspecified atom stereocenters. The second-order valence-electron chi connectivity index (χ2n) is 5.69. The van der Waals surface area contributed by atoms with E-state index < -0.39 is 12.1 Å². The highest BCUT2D eigenvalue weighted by Gasteiger charge is 2.39. The molecule has 1 aromatic rings. The summed E-state index contributed by atoms with van der Waals surface area (Å²) in [5.74, 6) is -1.91. The predicted octanol–water partition coefficient (Wildman–Crippen LogP) is 3.68. The molecule has 0 aliphatic carbocycles. The van der Waals surface area contributed by atoms with Gasteiger partial charge in [-0.2, -0.15) is 13.2 Å². The number of rotatable bonds is 4. The number of piperidine rings is 1. The number of halogens is 5. The van der Waals surface area contributed by atoms with Gasteiger partial charge < -0.3 is 10.6 Å². The molecule has 1 amide bonds.